The zero-order valence-corrected chi connectivity index (χ0v) is 14.6. The number of nitrogens with zero attached hydrogens (tertiary/aromatic N) is 2. The molecule has 0 bridgehead atoms. The lowest BCUT2D eigenvalue weighted by molar-refractivity contribution is -0.125. The molecule has 2 heterocycles. The number of aryl methyl sites for hydroxylation is 1. The Hall–Kier alpha value is -3.29. The first kappa shape index (κ1) is 17.5. The van der Waals surface area contributed by atoms with E-state index in [4.69, 9.17) is 4.74 Å². The van der Waals surface area contributed by atoms with Gasteiger partial charge in [0.1, 0.15) is 11.8 Å². The van der Waals surface area contributed by atoms with Crippen LogP contribution in [0.2, 0.25) is 0 Å². The van der Waals surface area contributed by atoms with Crippen LogP contribution in [0, 0.1) is 0 Å². The summed E-state index contributed by atoms with van der Waals surface area (Å²) in [5.41, 5.74) is 1.38. The topological polar surface area (TPSA) is 92.7 Å². The Kier molecular flexibility index (Phi) is 4.92. The third-order valence-electron chi connectivity index (χ3n) is 4.26. The molecule has 2 N–H and O–H groups in total. The molecule has 0 aliphatic carbocycles. The standard InChI is InChI=1S/C18H20N4O4/c1-21-9-3-4-13(21)11-19-16(23)10-15-17(24)22(18(25)20-15)12-5-7-14(26-2)8-6-12/h3-9,15H,10-11H2,1-2H3,(H,19,23)(H,20,25)/t15-/m0/s1. The summed E-state index contributed by atoms with van der Waals surface area (Å²) in [4.78, 5) is 37.8. The van der Waals surface area contributed by atoms with Crippen molar-refractivity contribution in [1.82, 2.24) is 15.2 Å². The molecule has 8 heteroatoms. The number of benzene rings is 1. The average molecular weight is 356 g/mol. The fraction of sp³-hybridized carbons (Fsp3) is 0.278. The second-order valence-electron chi connectivity index (χ2n) is 5.97. The van der Waals surface area contributed by atoms with Crippen molar-refractivity contribution < 1.29 is 19.1 Å². The number of rotatable bonds is 6. The van der Waals surface area contributed by atoms with Gasteiger partial charge in [-0.05, 0) is 36.4 Å². The molecule has 1 aliphatic heterocycles. The lowest BCUT2D eigenvalue weighted by atomic mass is 10.2. The number of nitrogens with one attached hydrogen (secondary N) is 2. The van der Waals surface area contributed by atoms with E-state index in [1.807, 2.05) is 29.9 Å². The molecule has 8 nitrogen and oxygen atoms in total. The SMILES string of the molecule is COc1ccc(N2C(=O)N[C@@H](CC(=O)NCc3cccn3C)C2=O)cc1. The minimum absolute atomic E-state index is 0.109. The monoisotopic (exact) mass is 356 g/mol. The highest BCUT2D eigenvalue weighted by molar-refractivity contribution is 6.22. The van der Waals surface area contributed by atoms with Gasteiger partial charge < -0.3 is 19.9 Å². The fourth-order valence-electron chi connectivity index (χ4n) is 2.77. The largest absolute Gasteiger partial charge is 0.497 e. The number of hydrogen-bond donors (Lipinski definition) is 2. The Balaban J connectivity index is 1.61. The Bertz CT molecular complexity index is 828. The van der Waals surface area contributed by atoms with Crippen molar-refractivity contribution in [2.75, 3.05) is 12.0 Å². The molecule has 1 atom stereocenters. The van der Waals surface area contributed by atoms with Gasteiger partial charge in [0, 0.05) is 18.9 Å². The number of ether oxygens (including phenoxy) is 1. The number of imide groups is 1. The fourth-order valence-corrected chi connectivity index (χ4v) is 2.77. The number of carbonyl (C=O) groups is 3. The van der Waals surface area contributed by atoms with Crippen LogP contribution < -0.4 is 20.3 Å². The maximum absolute atomic E-state index is 12.5. The zero-order valence-electron chi connectivity index (χ0n) is 14.6. The number of anilines is 1. The van der Waals surface area contributed by atoms with E-state index in [-0.39, 0.29) is 12.3 Å². The predicted molar refractivity (Wildman–Crippen MR) is 94.7 cm³/mol. The molecule has 1 aromatic heterocycles. The van der Waals surface area contributed by atoms with Gasteiger partial charge in [-0.15, -0.1) is 0 Å². The van der Waals surface area contributed by atoms with Crippen molar-refractivity contribution in [2.45, 2.75) is 19.0 Å². The second-order valence-corrected chi connectivity index (χ2v) is 5.97. The quantitative estimate of drug-likeness (QED) is 0.760. The van der Waals surface area contributed by atoms with Crippen LogP contribution in [-0.4, -0.2) is 35.6 Å². The third kappa shape index (κ3) is 3.53. The van der Waals surface area contributed by atoms with Crippen LogP contribution in [0.25, 0.3) is 0 Å². The lowest BCUT2D eigenvalue weighted by Gasteiger charge is -2.13. The highest BCUT2D eigenvalue weighted by Crippen LogP contribution is 2.23. The molecule has 1 aliphatic rings. The van der Waals surface area contributed by atoms with Crippen LogP contribution in [0.3, 0.4) is 0 Å². The van der Waals surface area contributed by atoms with E-state index in [9.17, 15) is 14.4 Å². The molecule has 4 amide bonds. The summed E-state index contributed by atoms with van der Waals surface area (Å²) in [5, 5.41) is 5.32. The van der Waals surface area contributed by atoms with Crippen LogP contribution in [0.4, 0.5) is 10.5 Å². The summed E-state index contributed by atoms with van der Waals surface area (Å²) in [6.07, 6.45) is 1.77. The van der Waals surface area contributed by atoms with E-state index in [0.717, 1.165) is 10.6 Å². The molecule has 1 aromatic carbocycles. The van der Waals surface area contributed by atoms with E-state index < -0.39 is 18.0 Å². The summed E-state index contributed by atoms with van der Waals surface area (Å²) < 4.78 is 6.96. The third-order valence-corrected chi connectivity index (χ3v) is 4.26. The molecule has 1 saturated heterocycles. The molecule has 0 spiro atoms. The smallest absolute Gasteiger partial charge is 0.329 e. The molecule has 0 unspecified atom stereocenters. The van der Waals surface area contributed by atoms with Gasteiger partial charge in [0.2, 0.25) is 5.91 Å². The van der Waals surface area contributed by atoms with Crippen LogP contribution in [0.15, 0.2) is 42.6 Å². The Morgan fingerprint density at radius 2 is 1.96 bits per heavy atom. The molecule has 2 aromatic rings. The van der Waals surface area contributed by atoms with Crippen molar-refractivity contribution >= 4 is 23.5 Å². The van der Waals surface area contributed by atoms with E-state index in [2.05, 4.69) is 10.6 Å². The predicted octanol–water partition coefficient (Wildman–Crippen LogP) is 1.16. The van der Waals surface area contributed by atoms with Gasteiger partial charge in [-0.25, -0.2) is 9.69 Å². The molecule has 0 radical (unpaired) electrons. The Labute approximate surface area is 150 Å². The number of aromatic nitrogens is 1. The first-order valence-electron chi connectivity index (χ1n) is 8.15. The number of amides is 4. The summed E-state index contributed by atoms with van der Waals surface area (Å²) in [6, 6.07) is 8.93. The Morgan fingerprint density at radius 1 is 1.23 bits per heavy atom. The van der Waals surface area contributed by atoms with Crippen molar-refractivity contribution in [3.8, 4) is 5.75 Å². The number of urea groups is 1. The van der Waals surface area contributed by atoms with Crippen molar-refractivity contribution in [3.63, 3.8) is 0 Å². The van der Waals surface area contributed by atoms with Gasteiger partial charge in [0.05, 0.1) is 25.8 Å². The van der Waals surface area contributed by atoms with Crippen LogP contribution in [-0.2, 0) is 23.2 Å². The molecule has 136 valence electrons. The van der Waals surface area contributed by atoms with Crippen LogP contribution in [0.5, 0.6) is 5.75 Å². The summed E-state index contributed by atoms with van der Waals surface area (Å²) in [7, 11) is 3.42. The van der Waals surface area contributed by atoms with Crippen molar-refractivity contribution in [1.29, 1.82) is 0 Å². The second kappa shape index (κ2) is 7.30. The summed E-state index contributed by atoms with van der Waals surface area (Å²) in [5.74, 6) is -0.131. The van der Waals surface area contributed by atoms with Gasteiger partial charge in [0.15, 0.2) is 0 Å². The highest BCUT2D eigenvalue weighted by atomic mass is 16.5. The maximum atomic E-state index is 12.5. The molecular formula is C18H20N4O4. The average Bonchev–Trinajstić information content (AvgIpc) is 3.16. The molecule has 26 heavy (non-hydrogen) atoms. The van der Waals surface area contributed by atoms with E-state index >= 15 is 0 Å². The molecule has 0 saturated carbocycles. The molecule has 3 rings (SSSR count). The first-order valence-corrected chi connectivity index (χ1v) is 8.15. The van der Waals surface area contributed by atoms with Gasteiger partial charge in [-0.2, -0.15) is 0 Å². The zero-order chi connectivity index (χ0) is 18.7. The normalized spacial score (nSPS) is 16.5. The van der Waals surface area contributed by atoms with Gasteiger partial charge in [-0.1, -0.05) is 0 Å². The van der Waals surface area contributed by atoms with Gasteiger partial charge in [-0.3, -0.25) is 9.59 Å². The number of hydrogen-bond acceptors (Lipinski definition) is 4. The Morgan fingerprint density at radius 3 is 2.58 bits per heavy atom. The highest BCUT2D eigenvalue weighted by Gasteiger charge is 2.40. The maximum Gasteiger partial charge on any atom is 0.329 e. The van der Waals surface area contributed by atoms with E-state index in [0.29, 0.717) is 18.0 Å². The number of carbonyl (C=O) groups excluding carboxylic acids is 3. The van der Waals surface area contributed by atoms with Crippen molar-refractivity contribution in [2.24, 2.45) is 7.05 Å². The first-order chi connectivity index (χ1) is 12.5. The molecular weight excluding hydrogens is 336 g/mol. The number of methoxy groups -OCH3 is 1. The van der Waals surface area contributed by atoms with Gasteiger partial charge >= 0.3 is 6.03 Å². The summed E-state index contributed by atoms with van der Waals surface area (Å²) in [6.45, 7) is 0.361. The van der Waals surface area contributed by atoms with Crippen molar-refractivity contribution in [3.05, 3.63) is 48.3 Å². The minimum Gasteiger partial charge on any atom is -0.497 e. The molecule has 1 fully saturated rings. The van der Waals surface area contributed by atoms with Gasteiger partial charge in [0.25, 0.3) is 5.91 Å². The summed E-state index contributed by atoms with van der Waals surface area (Å²) >= 11 is 0. The van der Waals surface area contributed by atoms with E-state index in [1.54, 1.807) is 24.3 Å². The minimum atomic E-state index is -0.877. The van der Waals surface area contributed by atoms with Crippen LogP contribution >= 0.6 is 0 Å². The lowest BCUT2D eigenvalue weighted by Crippen LogP contribution is -2.36. The van der Waals surface area contributed by atoms with E-state index in [1.165, 1.54) is 7.11 Å². The van der Waals surface area contributed by atoms with Crippen LogP contribution in [0.1, 0.15) is 12.1 Å².